The van der Waals surface area contributed by atoms with Gasteiger partial charge in [-0.15, -0.1) is 0 Å². The zero-order valence-corrected chi connectivity index (χ0v) is 11.3. The first-order chi connectivity index (χ1) is 9.63. The van der Waals surface area contributed by atoms with E-state index in [1.807, 2.05) is 25.1 Å². The van der Waals surface area contributed by atoms with E-state index in [-0.39, 0.29) is 12.0 Å². The molecule has 0 heterocycles. The maximum Gasteiger partial charge on any atom is 0.129 e. The smallest absolute Gasteiger partial charge is 0.129 e. The van der Waals surface area contributed by atoms with Crippen LogP contribution in [-0.4, -0.2) is 6.61 Å². The zero-order valence-electron chi connectivity index (χ0n) is 11.3. The van der Waals surface area contributed by atoms with Gasteiger partial charge >= 0.3 is 0 Å². The Morgan fingerprint density at radius 3 is 2.35 bits per heavy atom. The largest absolute Gasteiger partial charge is 0.494 e. The van der Waals surface area contributed by atoms with E-state index in [1.54, 1.807) is 6.07 Å². The van der Waals surface area contributed by atoms with Gasteiger partial charge in [0, 0.05) is 17.2 Å². The van der Waals surface area contributed by atoms with E-state index >= 15 is 0 Å². The molecule has 0 aromatic heterocycles. The van der Waals surface area contributed by atoms with E-state index in [4.69, 9.17) is 10.5 Å². The van der Waals surface area contributed by atoms with Crippen LogP contribution in [0.2, 0.25) is 0 Å². The van der Waals surface area contributed by atoms with E-state index in [0.29, 0.717) is 12.4 Å². The highest BCUT2D eigenvalue weighted by Gasteiger charge is 2.17. The third kappa shape index (κ3) is 3.14. The highest BCUT2D eigenvalue weighted by atomic mass is 19.1. The number of hydrogen-bond donors (Lipinski definition) is 1. The van der Waals surface area contributed by atoms with Crippen molar-refractivity contribution >= 4 is 0 Å². The molecule has 0 aliphatic rings. The molecule has 106 valence electrons. The van der Waals surface area contributed by atoms with Crippen LogP contribution < -0.4 is 10.5 Å². The lowest BCUT2D eigenvalue weighted by Gasteiger charge is -2.17. The predicted octanol–water partition coefficient (Wildman–Crippen LogP) is 3.61. The minimum absolute atomic E-state index is 0.00583. The summed E-state index contributed by atoms with van der Waals surface area (Å²) in [7, 11) is 0. The van der Waals surface area contributed by atoms with Crippen molar-refractivity contribution in [3.8, 4) is 5.75 Å². The molecular formula is C16H17F2NO. The van der Waals surface area contributed by atoms with Gasteiger partial charge in [0.05, 0.1) is 6.61 Å². The monoisotopic (exact) mass is 277 g/mol. The van der Waals surface area contributed by atoms with Crippen LogP contribution in [0.5, 0.6) is 5.75 Å². The summed E-state index contributed by atoms with van der Waals surface area (Å²) in [4.78, 5) is 0. The van der Waals surface area contributed by atoms with Crippen LogP contribution in [-0.2, 0) is 6.42 Å². The van der Waals surface area contributed by atoms with Crippen molar-refractivity contribution < 1.29 is 13.5 Å². The first kappa shape index (κ1) is 14.5. The van der Waals surface area contributed by atoms with Crippen LogP contribution in [0.15, 0.2) is 42.5 Å². The van der Waals surface area contributed by atoms with Crippen molar-refractivity contribution in [2.24, 2.45) is 5.73 Å². The van der Waals surface area contributed by atoms with E-state index in [1.165, 1.54) is 18.2 Å². The molecule has 0 bridgehead atoms. The molecule has 2 aromatic rings. The molecule has 0 aliphatic carbocycles. The molecule has 2 rings (SSSR count). The average molecular weight is 277 g/mol. The fraction of sp³-hybridized carbons (Fsp3) is 0.250. The van der Waals surface area contributed by atoms with Crippen LogP contribution in [0.1, 0.15) is 24.1 Å². The van der Waals surface area contributed by atoms with E-state index in [9.17, 15) is 8.78 Å². The highest BCUT2D eigenvalue weighted by Crippen LogP contribution is 2.27. The number of para-hydroxylation sites is 1. The number of halogens is 2. The molecule has 20 heavy (non-hydrogen) atoms. The summed E-state index contributed by atoms with van der Waals surface area (Å²) in [6.45, 7) is 2.39. The summed E-state index contributed by atoms with van der Waals surface area (Å²) >= 11 is 0. The molecule has 2 nitrogen and oxygen atoms in total. The lowest BCUT2D eigenvalue weighted by Crippen LogP contribution is -2.16. The number of benzene rings is 2. The molecule has 0 saturated heterocycles. The molecule has 4 heteroatoms. The third-order valence-electron chi connectivity index (χ3n) is 3.10. The first-order valence-corrected chi connectivity index (χ1v) is 6.53. The van der Waals surface area contributed by atoms with Crippen molar-refractivity contribution in [1.29, 1.82) is 0 Å². The Hall–Kier alpha value is -1.94. The van der Waals surface area contributed by atoms with Crippen LogP contribution in [0.25, 0.3) is 0 Å². The predicted molar refractivity (Wildman–Crippen MR) is 74.6 cm³/mol. The molecule has 2 aromatic carbocycles. The van der Waals surface area contributed by atoms with Crippen LogP contribution in [0, 0.1) is 11.6 Å². The lowest BCUT2D eigenvalue weighted by molar-refractivity contribution is 0.334. The maximum atomic E-state index is 13.6. The summed E-state index contributed by atoms with van der Waals surface area (Å²) in [5, 5.41) is 0. The van der Waals surface area contributed by atoms with Gasteiger partial charge < -0.3 is 10.5 Å². The average Bonchev–Trinajstić information content (AvgIpc) is 2.44. The van der Waals surface area contributed by atoms with Crippen molar-refractivity contribution in [3.63, 3.8) is 0 Å². The quantitative estimate of drug-likeness (QED) is 0.906. The first-order valence-electron chi connectivity index (χ1n) is 6.53. The Morgan fingerprint density at radius 2 is 1.70 bits per heavy atom. The number of nitrogens with two attached hydrogens (primary N) is 1. The van der Waals surface area contributed by atoms with Crippen molar-refractivity contribution in [1.82, 2.24) is 0 Å². The molecule has 1 atom stereocenters. The van der Waals surface area contributed by atoms with Gasteiger partial charge in [0.1, 0.15) is 17.4 Å². The minimum Gasteiger partial charge on any atom is -0.494 e. The fourth-order valence-electron chi connectivity index (χ4n) is 2.13. The van der Waals surface area contributed by atoms with E-state index in [0.717, 1.165) is 5.56 Å². The zero-order chi connectivity index (χ0) is 14.5. The second-order valence-corrected chi connectivity index (χ2v) is 4.48. The Bertz CT molecular complexity index is 566. The van der Waals surface area contributed by atoms with Gasteiger partial charge in [0.15, 0.2) is 0 Å². The molecular weight excluding hydrogens is 260 g/mol. The number of hydrogen-bond acceptors (Lipinski definition) is 2. The van der Waals surface area contributed by atoms with E-state index in [2.05, 4.69) is 0 Å². The molecule has 0 fully saturated rings. The molecule has 0 amide bonds. The summed E-state index contributed by atoms with van der Waals surface area (Å²) in [6, 6.07) is 10.6. The molecule has 0 radical (unpaired) electrons. The lowest BCUT2D eigenvalue weighted by atomic mass is 9.98. The summed E-state index contributed by atoms with van der Waals surface area (Å²) in [5.74, 6) is -0.497. The van der Waals surface area contributed by atoms with Crippen LogP contribution in [0.4, 0.5) is 8.78 Å². The Balaban J connectivity index is 2.26. The second kappa shape index (κ2) is 6.48. The van der Waals surface area contributed by atoms with Gasteiger partial charge in [-0.3, -0.25) is 0 Å². The molecule has 0 spiro atoms. The van der Waals surface area contributed by atoms with Crippen LogP contribution >= 0.6 is 0 Å². The van der Waals surface area contributed by atoms with Crippen molar-refractivity contribution in [2.45, 2.75) is 19.4 Å². The normalized spacial score (nSPS) is 12.2. The van der Waals surface area contributed by atoms with Crippen LogP contribution in [0.3, 0.4) is 0 Å². The second-order valence-electron chi connectivity index (χ2n) is 4.48. The highest BCUT2D eigenvalue weighted by molar-refractivity contribution is 5.37. The maximum absolute atomic E-state index is 13.6. The number of ether oxygens (including phenoxy) is 1. The minimum atomic E-state index is -0.575. The Morgan fingerprint density at radius 1 is 1.05 bits per heavy atom. The van der Waals surface area contributed by atoms with Crippen molar-refractivity contribution in [3.05, 3.63) is 65.2 Å². The number of rotatable bonds is 5. The standard InChI is InChI=1S/C16H17F2NO/c1-2-20-16-9-4-3-6-11(16)15(19)10-12-13(17)7-5-8-14(12)18/h3-9,15H,2,10,19H2,1H3. The van der Waals surface area contributed by atoms with Gasteiger partial charge in [-0.25, -0.2) is 8.78 Å². The van der Waals surface area contributed by atoms with Gasteiger partial charge in [0.25, 0.3) is 0 Å². The summed E-state index contributed by atoms with van der Waals surface area (Å²) in [6.07, 6.45) is 0.0859. The van der Waals surface area contributed by atoms with E-state index < -0.39 is 17.7 Å². The van der Waals surface area contributed by atoms with Gasteiger partial charge in [-0.05, 0) is 31.5 Å². The SMILES string of the molecule is CCOc1ccccc1C(N)Cc1c(F)cccc1F. The summed E-state index contributed by atoms with van der Waals surface area (Å²) < 4.78 is 32.8. The Kier molecular flexibility index (Phi) is 4.69. The van der Waals surface area contributed by atoms with Gasteiger partial charge in [0.2, 0.25) is 0 Å². The molecule has 0 saturated carbocycles. The summed E-state index contributed by atoms with van der Waals surface area (Å²) in [5.41, 5.74) is 6.84. The Labute approximate surface area is 117 Å². The third-order valence-corrected chi connectivity index (χ3v) is 3.10. The molecule has 2 N–H and O–H groups in total. The molecule has 0 aliphatic heterocycles. The van der Waals surface area contributed by atoms with Gasteiger partial charge in [-0.2, -0.15) is 0 Å². The fourth-order valence-corrected chi connectivity index (χ4v) is 2.13. The molecule has 1 unspecified atom stereocenters. The topological polar surface area (TPSA) is 35.2 Å². The van der Waals surface area contributed by atoms with Crippen molar-refractivity contribution in [2.75, 3.05) is 6.61 Å². The van der Waals surface area contributed by atoms with Gasteiger partial charge in [-0.1, -0.05) is 24.3 Å².